The number of aromatic amines is 1. The molecule has 0 radical (unpaired) electrons. The van der Waals surface area contributed by atoms with Gasteiger partial charge < -0.3 is 14.4 Å². The lowest BCUT2D eigenvalue weighted by Crippen LogP contribution is -2.36. The molecular formula is C13H13F3N4O2. The number of anilines is 1. The summed E-state index contributed by atoms with van der Waals surface area (Å²) in [6, 6.07) is 5.45. The number of rotatable bonds is 3. The van der Waals surface area contributed by atoms with E-state index in [0.717, 1.165) is 0 Å². The summed E-state index contributed by atoms with van der Waals surface area (Å²) in [6.45, 7) is 2.64. The monoisotopic (exact) mass is 314 g/mol. The SMILES string of the molecule is FC(F)(F)Oc1ccc(-c2nc(N3CCOCC3)n[nH]2)cc1. The average Bonchev–Trinajstić information content (AvgIpc) is 2.97. The molecule has 118 valence electrons. The van der Waals surface area contributed by atoms with Crippen molar-refractivity contribution in [2.45, 2.75) is 6.36 Å². The lowest BCUT2D eigenvalue weighted by atomic mass is 10.2. The summed E-state index contributed by atoms with van der Waals surface area (Å²) in [6.07, 6.45) is -4.70. The number of ether oxygens (including phenoxy) is 2. The summed E-state index contributed by atoms with van der Waals surface area (Å²) in [5.41, 5.74) is 0.626. The molecule has 3 rings (SSSR count). The first kappa shape index (κ1) is 14.6. The largest absolute Gasteiger partial charge is 0.573 e. The predicted octanol–water partition coefficient (Wildman–Crippen LogP) is 2.21. The van der Waals surface area contributed by atoms with E-state index < -0.39 is 6.36 Å². The smallest absolute Gasteiger partial charge is 0.406 e. The normalized spacial score (nSPS) is 15.9. The molecule has 0 amide bonds. The number of hydrogen-bond acceptors (Lipinski definition) is 5. The zero-order chi connectivity index (χ0) is 15.6. The molecule has 0 bridgehead atoms. The second kappa shape index (κ2) is 5.84. The quantitative estimate of drug-likeness (QED) is 0.941. The minimum atomic E-state index is -4.70. The van der Waals surface area contributed by atoms with E-state index in [1.807, 2.05) is 4.90 Å². The molecule has 2 heterocycles. The highest BCUT2D eigenvalue weighted by molar-refractivity contribution is 5.57. The number of nitrogens with one attached hydrogen (secondary N) is 1. The predicted molar refractivity (Wildman–Crippen MR) is 71.5 cm³/mol. The molecule has 6 nitrogen and oxygen atoms in total. The van der Waals surface area contributed by atoms with Crippen LogP contribution in [0.1, 0.15) is 0 Å². The summed E-state index contributed by atoms with van der Waals surface area (Å²) in [5, 5.41) is 6.90. The summed E-state index contributed by atoms with van der Waals surface area (Å²) < 4.78 is 45.4. The van der Waals surface area contributed by atoms with Crippen molar-refractivity contribution in [3.8, 4) is 17.1 Å². The highest BCUT2D eigenvalue weighted by atomic mass is 19.4. The van der Waals surface area contributed by atoms with Gasteiger partial charge in [0.25, 0.3) is 0 Å². The molecule has 1 saturated heterocycles. The van der Waals surface area contributed by atoms with Crippen molar-refractivity contribution in [1.82, 2.24) is 15.2 Å². The third kappa shape index (κ3) is 3.48. The highest BCUT2D eigenvalue weighted by Crippen LogP contribution is 2.25. The van der Waals surface area contributed by atoms with Crippen molar-refractivity contribution < 1.29 is 22.6 Å². The minimum absolute atomic E-state index is 0.274. The molecule has 1 N–H and O–H groups in total. The fraction of sp³-hybridized carbons (Fsp3) is 0.385. The first-order valence-electron chi connectivity index (χ1n) is 6.62. The fourth-order valence-corrected chi connectivity index (χ4v) is 2.10. The number of halogens is 3. The van der Waals surface area contributed by atoms with Gasteiger partial charge in [0.1, 0.15) is 5.75 Å². The first-order chi connectivity index (χ1) is 10.5. The van der Waals surface area contributed by atoms with Gasteiger partial charge in [-0.2, -0.15) is 4.98 Å². The number of morpholine rings is 1. The van der Waals surface area contributed by atoms with Gasteiger partial charge in [-0.05, 0) is 24.3 Å². The maximum absolute atomic E-state index is 12.1. The molecule has 1 aromatic carbocycles. The standard InChI is InChI=1S/C13H13F3N4O2/c14-13(15,16)22-10-3-1-9(2-4-10)11-17-12(19-18-11)20-5-7-21-8-6-20/h1-4H,5-8H2,(H,17,18,19). The molecule has 2 aromatic rings. The zero-order valence-corrected chi connectivity index (χ0v) is 11.4. The molecule has 0 spiro atoms. The maximum atomic E-state index is 12.1. The molecule has 1 aromatic heterocycles. The van der Waals surface area contributed by atoms with Crippen molar-refractivity contribution in [1.29, 1.82) is 0 Å². The second-order valence-corrected chi connectivity index (χ2v) is 4.66. The summed E-state index contributed by atoms with van der Waals surface area (Å²) >= 11 is 0. The van der Waals surface area contributed by atoms with E-state index in [4.69, 9.17) is 4.74 Å². The molecular weight excluding hydrogens is 301 g/mol. The van der Waals surface area contributed by atoms with E-state index in [-0.39, 0.29) is 5.75 Å². The summed E-state index contributed by atoms with van der Waals surface area (Å²) in [4.78, 5) is 6.33. The molecule has 0 unspecified atom stereocenters. The third-order valence-electron chi connectivity index (χ3n) is 3.13. The van der Waals surface area contributed by atoms with Crippen molar-refractivity contribution in [2.24, 2.45) is 0 Å². The van der Waals surface area contributed by atoms with Gasteiger partial charge >= 0.3 is 6.36 Å². The molecule has 1 aliphatic heterocycles. The lowest BCUT2D eigenvalue weighted by Gasteiger charge is -2.25. The van der Waals surface area contributed by atoms with Gasteiger partial charge in [0.05, 0.1) is 13.2 Å². The number of alkyl halides is 3. The molecule has 0 aliphatic carbocycles. The van der Waals surface area contributed by atoms with Crippen LogP contribution in [0.25, 0.3) is 11.4 Å². The van der Waals surface area contributed by atoms with Crippen molar-refractivity contribution in [2.75, 3.05) is 31.2 Å². The molecule has 22 heavy (non-hydrogen) atoms. The van der Waals surface area contributed by atoms with Gasteiger partial charge in [0.15, 0.2) is 5.82 Å². The Morgan fingerprint density at radius 2 is 1.82 bits per heavy atom. The van der Waals surface area contributed by atoms with Crippen LogP contribution in [0.4, 0.5) is 19.1 Å². The lowest BCUT2D eigenvalue weighted by molar-refractivity contribution is -0.274. The van der Waals surface area contributed by atoms with Crippen LogP contribution in [0.15, 0.2) is 24.3 Å². The van der Waals surface area contributed by atoms with Gasteiger partial charge in [-0.1, -0.05) is 0 Å². The van der Waals surface area contributed by atoms with E-state index in [1.54, 1.807) is 0 Å². The van der Waals surface area contributed by atoms with Crippen LogP contribution in [-0.4, -0.2) is 47.8 Å². The van der Waals surface area contributed by atoms with Gasteiger partial charge in [0, 0.05) is 18.7 Å². The van der Waals surface area contributed by atoms with E-state index in [9.17, 15) is 13.2 Å². The van der Waals surface area contributed by atoms with Gasteiger partial charge in [-0.25, -0.2) is 0 Å². The Balaban J connectivity index is 1.73. The van der Waals surface area contributed by atoms with Gasteiger partial charge in [-0.15, -0.1) is 18.3 Å². The number of benzene rings is 1. The van der Waals surface area contributed by atoms with E-state index in [2.05, 4.69) is 19.9 Å². The van der Waals surface area contributed by atoms with E-state index >= 15 is 0 Å². The van der Waals surface area contributed by atoms with Crippen LogP contribution in [-0.2, 0) is 4.74 Å². The molecule has 0 atom stereocenters. The Kier molecular flexibility index (Phi) is 3.88. The summed E-state index contributed by atoms with van der Waals surface area (Å²) in [5.74, 6) is 0.762. The Morgan fingerprint density at radius 3 is 2.45 bits per heavy atom. The van der Waals surface area contributed by atoms with Crippen LogP contribution < -0.4 is 9.64 Å². The minimum Gasteiger partial charge on any atom is -0.406 e. The van der Waals surface area contributed by atoms with Crippen molar-refractivity contribution in [3.63, 3.8) is 0 Å². The Morgan fingerprint density at radius 1 is 1.14 bits per heavy atom. The Bertz CT molecular complexity index is 621. The van der Waals surface area contributed by atoms with Crippen LogP contribution in [0.3, 0.4) is 0 Å². The second-order valence-electron chi connectivity index (χ2n) is 4.66. The number of hydrogen-bond donors (Lipinski definition) is 1. The van der Waals surface area contributed by atoms with Crippen molar-refractivity contribution in [3.05, 3.63) is 24.3 Å². The van der Waals surface area contributed by atoms with Gasteiger partial charge in [-0.3, -0.25) is 5.10 Å². The zero-order valence-electron chi connectivity index (χ0n) is 11.4. The number of aromatic nitrogens is 3. The Hall–Kier alpha value is -2.29. The molecule has 1 fully saturated rings. The topological polar surface area (TPSA) is 63.3 Å². The third-order valence-corrected chi connectivity index (χ3v) is 3.13. The van der Waals surface area contributed by atoms with E-state index in [1.165, 1.54) is 24.3 Å². The molecule has 0 saturated carbocycles. The number of nitrogens with zero attached hydrogens (tertiary/aromatic N) is 3. The molecule has 9 heteroatoms. The van der Waals surface area contributed by atoms with E-state index in [0.29, 0.717) is 43.6 Å². The van der Waals surface area contributed by atoms with Crippen LogP contribution in [0.5, 0.6) is 5.75 Å². The summed E-state index contributed by atoms with van der Waals surface area (Å²) in [7, 11) is 0. The Labute approximate surface area is 123 Å². The van der Waals surface area contributed by atoms with Crippen LogP contribution in [0.2, 0.25) is 0 Å². The average molecular weight is 314 g/mol. The maximum Gasteiger partial charge on any atom is 0.573 e. The number of H-pyrrole nitrogens is 1. The first-order valence-corrected chi connectivity index (χ1v) is 6.62. The fourth-order valence-electron chi connectivity index (χ4n) is 2.10. The van der Waals surface area contributed by atoms with Crippen molar-refractivity contribution >= 4 is 5.95 Å². The molecule has 1 aliphatic rings. The highest BCUT2D eigenvalue weighted by Gasteiger charge is 2.31. The van der Waals surface area contributed by atoms with Gasteiger partial charge in [0.2, 0.25) is 5.95 Å². The van der Waals surface area contributed by atoms with Crippen LogP contribution >= 0.6 is 0 Å². The van der Waals surface area contributed by atoms with Crippen LogP contribution in [0, 0.1) is 0 Å².